The largest absolute Gasteiger partial charge is 0.481 e. The highest BCUT2D eigenvalue weighted by molar-refractivity contribution is 6.04. The Morgan fingerprint density at radius 1 is 1.22 bits per heavy atom. The molecule has 1 aromatic heterocycles. The Bertz CT molecular complexity index is 777. The van der Waals surface area contributed by atoms with E-state index in [9.17, 15) is 14.0 Å². The maximum Gasteiger partial charge on any atom is 0.305 e. The van der Waals surface area contributed by atoms with Crippen molar-refractivity contribution in [2.45, 2.75) is 27.2 Å². The summed E-state index contributed by atoms with van der Waals surface area (Å²) in [6, 6.07) is 2.36. The molecule has 1 heterocycles. The summed E-state index contributed by atoms with van der Waals surface area (Å²) in [7, 11) is 0. The number of aromatic nitrogens is 2. The molecular weight excluding hydrogens is 301 g/mol. The normalized spacial score (nSPS) is 10.8. The zero-order valence-corrected chi connectivity index (χ0v) is 13.3. The fraction of sp³-hybridized carbons (Fsp3) is 0.375. The summed E-state index contributed by atoms with van der Waals surface area (Å²) < 4.78 is 13.8. The first kappa shape index (κ1) is 16.8. The number of halogens is 1. The quantitative estimate of drug-likeness (QED) is 0.914. The number of fused-ring (bicyclic) bond motifs is 1. The lowest BCUT2D eigenvalue weighted by Crippen LogP contribution is -2.33. The Kier molecular flexibility index (Phi) is 4.88. The standard InChI is InChI=1S/C16H18FN3O3/c1-4-20(6-5-14(21)22)16(23)12-7-11(17)8-13-15(12)19-10(3)9(2)18-13/h7-8H,4-6H2,1-3H3,(H,21,22). The SMILES string of the molecule is CCN(CCC(=O)O)C(=O)c1cc(F)cc2nc(C)c(C)nc12. The van der Waals surface area contributed by atoms with Gasteiger partial charge in [0.2, 0.25) is 0 Å². The summed E-state index contributed by atoms with van der Waals surface area (Å²) in [6.45, 7) is 5.65. The Morgan fingerprint density at radius 3 is 2.48 bits per heavy atom. The minimum atomic E-state index is -0.994. The van der Waals surface area contributed by atoms with Gasteiger partial charge in [0.25, 0.3) is 5.91 Å². The monoisotopic (exact) mass is 319 g/mol. The number of carbonyl (C=O) groups is 2. The molecule has 1 N–H and O–H groups in total. The molecule has 7 heteroatoms. The second-order valence-electron chi connectivity index (χ2n) is 5.24. The van der Waals surface area contributed by atoms with Crippen LogP contribution in [0.15, 0.2) is 12.1 Å². The van der Waals surface area contributed by atoms with Crippen molar-refractivity contribution in [2.75, 3.05) is 13.1 Å². The van der Waals surface area contributed by atoms with Gasteiger partial charge < -0.3 is 10.0 Å². The van der Waals surface area contributed by atoms with Gasteiger partial charge in [0.1, 0.15) is 11.3 Å². The van der Waals surface area contributed by atoms with Crippen molar-refractivity contribution in [1.29, 1.82) is 0 Å². The molecule has 2 aromatic rings. The van der Waals surface area contributed by atoms with Gasteiger partial charge in [-0.1, -0.05) is 0 Å². The molecule has 0 spiro atoms. The van der Waals surface area contributed by atoms with E-state index in [1.54, 1.807) is 20.8 Å². The van der Waals surface area contributed by atoms with E-state index in [1.165, 1.54) is 11.0 Å². The minimum absolute atomic E-state index is 0.0565. The van der Waals surface area contributed by atoms with E-state index in [-0.39, 0.29) is 18.5 Å². The van der Waals surface area contributed by atoms with Gasteiger partial charge in [0, 0.05) is 19.2 Å². The van der Waals surface area contributed by atoms with Gasteiger partial charge in [-0.3, -0.25) is 9.59 Å². The average molecular weight is 319 g/mol. The van der Waals surface area contributed by atoms with Gasteiger partial charge in [0.05, 0.1) is 28.9 Å². The maximum absolute atomic E-state index is 13.8. The number of hydrogen-bond acceptors (Lipinski definition) is 4. The van der Waals surface area contributed by atoms with Crippen LogP contribution in [-0.4, -0.2) is 44.9 Å². The van der Waals surface area contributed by atoms with Gasteiger partial charge in [0.15, 0.2) is 0 Å². The lowest BCUT2D eigenvalue weighted by Gasteiger charge is -2.20. The summed E-state index contributed by atoms with van der Waals surface area (Å²) in [5, 5.41) is 8.77. The second-order valence-corrected chi connectivity index (χ2v) is 5.24. The topological polar surface area (TPSA) is 83.4 Å². The molecule has 6 nitrogen and oxygen atoms in total. The third-order valence-electron chi connectivity index (χ3n) is 3.64. The Balaban J connectivity index is 2.50. The number of benzene rings is 1. The van der Waals surface area contributed by atoms with Crippen LogP contribution in [0.3, 0.4) is 0 Å². The predicted molar refractivity (Wildman–Crippen MR) is 82.8 cm³/mol. The van der Waals surface area contributed by atoms with E-state index in [0.29, 0.717) is 29.0 Å². The fourth-order valence-corrected chi connectivity index (χ4v) is 2.27. The first-order valence-electron chi connectivity index (χ1n) is 7.29. The molecule has 0 saturated carbocycles. The van der Waals surface area contributed by atoms with Crippen molar-refractivity contribution in [3.8, 4) is 0 Å². The van der Waals surface area contributed by atoms with Crippen LogP contribution in [0.1, 0.15) is 35.1 Å². The first-order valence-corrected chi connectivity index (χ1v) is 7.29. The van der Waals surface area contributed by atoms with E-state index >= 15 is 0 Å². The number of carboxylic acids is 1. The average Bonchev–Trinajstić information content (AvgIpc) is 2.48. The number of aliphatic carboxylic acids is 1. The van der Waals surface area contributed by atoms with Crippen LogP contribution in [-0.2, 0) is 4.79 Å². The summed E-state index contributed by atoms with van der Waals surface area (Å²) in [4.78, 5) is 33.3. The van der Waals surface area contributed by atoms with E-state index in [4.69, 9.17) is 5.11 Å². The van der Waals surface area contributed by atoms with Crippen LogP contribution in [0.5, 0.6) is 0 Å². The molecule has 0 fully saturated rings. The first-order chi connectivity index (χ1) is 10.8. The molecule has 0 aliphatic carbocycles. The molecule has 0 unspecified atom stereocenters. The Morgan fingerprint density at radius 2 is 1.87 bits per heavy atom. The van der Waals surface area contributed by atoms with E-state index < -0.39 is 17.7 Å². The van der Waals surface area contributed by atoms with E-state index in [1.807, 2.05) is 0 Å². The summed E-state index contributed by atoms with van der Waals surface area (Å²) in [5.74, 6) is -2.02. The zero-order chi connectivity index (χ0) is 17.1. The molecule has 0 atom stereocenters. The maximum atomic E-state index is 13.8. The number of aryl methyl sites for hydroxylation is 2. The number of hydrogen-bond donors (Lipinski definition) is 1. The Hall–Kier alpha value is -2.57. The van der Waals surface area contributed by atoms with Gasteiger partial charge >= 0.3 is 5.97 Å². The molecule has 0 aliphatic rings. The molecule has 1 amide bonds. The number of rotatable bonds is 5. The molecular formula is C16H18FN3O3. The van der Waals surface area contributed by atoms with Gasteiger partial charge in [-0.25, -0.2) is 14.4 Å². The van der Waals surface area contributed by atoms with Crippen molar-refractivity contribution in [2.24, 2.45) is 0 Å². The van der Waals surface area contributed by atoms with Crippen LogP contribution in [0.25, 0.3) is 11.0 Å². The third kappa shape index (κ3) is 3.61. The molecule has 1 aromatic carbocycles. The molecule has 23 heavy (non-hydrogen) atoms. The number of nitrogens with zero attached hydrogens (tertiary/aromatic N) is 3. The Labute approximate surface area is 133 Å². The van der Waals surface area contributed by atoms with Crippen molar-refractivity contribution >= 4 is 22.9 Å². The molecule has 122 valence electrons. The summed E-state index contributed by atoms with van der Waals surface area (Å²) in [5.41, 5.74) is 2.06. The number of amides is 1. The van der Waals surface area contributed by atoms with Crippen LogP contribution in [0.4, 0.5) is 4.39 Å². The number of carbonyl (C=O) groups excluding carboxylic acids is 1. The molecule has 0 aliphatic heterocycles. The smallest absolute Gasteiger partial charge is 0.305 e. The lowest BCUT2D eigenvalue weighted by molar-refractivity contribution is -0.137. The van der Waals surface area contributed by atoms with Gasteiger partial charge in [-0.05, 0) is 26.8 Å². The van der Waals surface area contributed by atoms with Crippen molar-refractivity contribution in [3.63, 3.8) is 0 Å². The lowest BCUT2D eigenvalue weighted by atomic mass is 10.1. The summed E-state index contributed by atoms with van der Waals surface area (Å²) >= 11 is 0. The van der Waals surface area contributed by atoms with E-state index in [2.05, 4.69) is 9.97 Å². The highest BCUT2D eigenvalue weighted by atomic mass is 19.1. The minimum Gasteiger partial charge on any atom is -0.481 e. The van der Waals surface area contributed by atoms with Gasteiger partial charge in [-0.15, -0.1) is 0 Å². The third-order valence-corrected chi connectivity index (χ3v) is 3.64. The van der Waals surface area contributed by atoms with Crippen LogP contribution < -0.4 is 0 Å². The molecule has 0 saturated heterocycles. The van der Waals surface area contributed by atoms with Crippen molar-refractivity contribution in [1.82, 2.24) is 14.9 Å². The zero-order valence-electron chi connectivity index (χ0n) is 13.3. The summed E-state index contributed by atoms with van der Waals surface area (Å²) in [6.07, 6.45) is -0.170. The molecule has 2 rings (SSSR count). The van der Waals surface area contributed by atoms with Crippen LogP contribution in [0, 0.1) is 19.7 Å². The highest BCUT2D eigenvalue weighted by Gasteiger charge is 2.20. The van der Waals surface area contributed by atoms with Crippen LogP contribution >= 0.6 is 0 Å². The van der Waals surface area contributed by atoms with Gasteiger partial charge in [-0.2, -0.15) is 0 Å². The van der Waals surface area contributed by atoms with E-state index in [0.717, 1.165) is 6.07 Å². The highest BCUT2D eigenvalue weighted by Crippen LogP contribution is 2.20. The van der Waals surface area contributed by atoms with Crippen molar-refractivity contribution in [3.05, 3.63) is 34.9 Å². The number of carboxylic acid groups (broad SMARTS) is 1. The van der Waals surface area contributed by atoms with Crippen molar-refractivity contribution < 1.29 is 19.1 Å². The van der Waals surface area contributed by atoms with Crippen LogP contribution in [0.2, 0.25) is 0 Å². The predicted octanol–water partition coefficient (Wildman–Crippen LogP) is 2.32. The molecule has 0 bridgehead atoms. The second kappa shape index (κ2) is 6.68. The molecule has 0 radical (unpaired) electrons. The fourth-order valence-electron chi connectivity index (χ4n) is 2.27.